The summed E-state index contributed by atoms with van der Waals surface area (Å²) >= 11 is 5.35. The number of carbonyl (C=O) groups excluding carboxylic acids is 2. The Labute approximate surface area is 176 Å². The third kappa shape index (κ3) is 4.90. The fourth-order valence-electron chi connectivity index (χ4n) is 3.41. The van der Waals surface area contributed by atoms with Gasteiger partial charge in [0.25, 0.3) is 5.91 Å². The molecule has 0 aliphatic carbocycles. The molecule has 0 fully saturated rings. The number of aryl methyl sites for hydroxylation is 1. The van der Waals surface area contributed by atoms with Gasteiger partial charge in [0.05, 0.1) is 5.56 Å². The van der Waals surface area contributed by atoms with Gasteiger partial charge in [-0.1, -0.05) is 57.3 Å². The first-order valence-electron chi connectivity index (χ1n) is 9.91. The minimum atomic E-state index is -0.252. The van der Waals surface area contributed by atoms with Gasteiger partial charge in [-0.05, 0) is 24.5 Å². The van der Waals surface area contributed by atoms with Gasteiger partial charge in [-0.25, -0.2) is 4.98 Å². The van der Waals surface area contributed by atoms with Gasteiger partial charge in [0.1, 0.15) is 10.5 Å². The van der Waals surface area contributed by atoms with Crippen LogP contribution in [0.1, 0.15) is 66.6 Å². The van der Waals surface area contributed by atoms with Crippen LogP contribution in [-0.2, 0) is 23.3 Å². The van der Waals surface area contributed by atoms with E-state index < -0.39 is 0 Å². The maximum Gasteiger partial charge on any atom is 0.256 e. The van der Waals surface area contributed by atoms with Crippen molar-refractivity contribution >= 4 is 24.0 Å². The van der Waals surface area contributed by atoms with E-state index in [0.717, 1.165) is 5.82 Å². The molecule has 1 aromatic carbocycles. The largest absolute Gasteiger partial charge is 0.352 e. The molecule has 1 aliphatic rings. The standard InChI is InChI=1S/C22H28N4O2S/c1-14-18(20(29)25-21(24-14)22(2,3)4)19(28)23-11-7-10-17(27)26-12-15-8-5-6-9-16(15)13-26/h5-6,8-9H,7,10-13H2,1-4H3,(H,23,28)(H,24,25,29). The van der Waals surface area contributed by atoms with E-state index in [-0.39, 0.29) is 17.2 Å². The summed E-state index contributed by atoms with van der Waals surface area (Å²) in [6, 6.07) is 8.12. The lowest BCUT2D eigenvalue weighted by molar-refractivity contribution is -0.131. The summed E-state index contributed by atoms with van der Waals surface area (Å²) in [6.07, 6.45) is 0.988. The van der Waals surface area contributed by atoms with E-state index in [2.05, 4.69) is 27.4 Å². The zero-order valence-electron chi connectivity index (χ0n) is 17.5. The molecule has 2 aromatic rings. The van der Waals surface area contributed by atoms with Gasteiger partial charge in [0, 0.05) is 37.2 Å². The van der Waals surface area contributed by atoms with E-state index >= 15 is 0 Å². The third-order valence-corrected chi connectivity index (χ3v) is 5.39. The van der Waals surface area contributed by atoms with Crippen LogP contribution in [0.3, 0.4) is 0 Å². The number of benzene rings is 1. The molecule has 0 bridgehead atoms. The lowest BCUT2D eigenvalue weighted by atomic mass is 9.95. The van der Waals surface area contributed by atoms with Crippen molar-refractivity contribution in [3.63, 3.8) is 0 Å². The molecule has 0 radical (unpaired) electrons. The molecule has 0 atom stereocenters. The first kappa shape index (κ1) is 21.2. The van der Waals surface area contributed by atoms with Crippen LogP contribution < -0.4 is 5.32 Å². The Kier molecular flexibility index (Phi) is 6.17. The molecule has 2 N–H and O–H groups in total. The smallest absolute Gasteiger partial charge is 0.256 e. The highest BCUT2D eigenvalue weighted by Gasteiger charge is 2.23. The van der Waals surface area contributed by atoms with Crippen molar-refractivity contribution in [1.82, 2.24) is 20.2 Å². The van der Waals surface area contributed by atoms with Gasteiger partial charge in [-0.3, -0.25) is 9.59 Å². The Balaban J connectivity index is 1.51. The minimum Gasteiger partial charge on any atom is -0.352 e. The average Bonchev–Trinajstić information content (AvgIpc) is 3.08. The number of nitrogens with zero attached hydrogens (tertiary/aromatic N) is 2. The first-order valence-corrected chi connectivity index (χ1v) is 10.3. The molecule has 154 valence electrons. The summed E-state index contributed by atoms with van der Waals surface area (Å²) in [7, 11) is 0. The SMILES string of the molecule is Cc1[nH]c(C(C)(C)C)nc(=S)c1C(=O)NCCCC(=O)N1Cc2ccccc2C1. The molecule has 7 heteroatoms. The van der Waals surface area contributed by atoms with Gasteiger partial charge in [0.2, 0.25) is 5.91 Å². The molecule has 2 amide bonds. The van der Waals surface area contributed by atoms with Crippen LogP contribution in [-0.4, -0.2) is 33.2 Å². The van der Waals surface area contributed by atoms with E-state index in [4.69, 9.17) is 12.2 Å². The summed E-state index contributed by atoms with van der Waals surface area (Å²) in [5.41, 5.74) is 3.35. The van der Waals surface area contributed by atoms with Crippen LogP contribution in [0.2, 0.25) is 0 Å². The number of carbonyl (C=O) groups is 2. The summed E-state index contributed by atoms with van der Waals surface area (Å²) in [5.74, 6) is 0.617. The first-order chi connectivity index (χ1) is 13.7. The normalized spacial score (nSPS) is 13.3. The zero-order chi connectivity index (χ0) is 21.2. The summed E-state index contributed by atoms with van der Waals surface area (Å²) in [6.45, 7) is 9.70. The van der Waals surface area contributed by atoms with Crippen molar-refractivity contribution in [2.75, 3.05) is 6.54 Å². The molecule has 0 spiro atoms. The Morgan fingerprint density at radius 3 is 2.38 bits per heavy atom. The van der Waals surface area contributed by atoms with Gasteiger partial charge in [-0.2, -0.15) is 0 Å². The summed E-state index contributed by atoms with van der Waals surface area (Å²) in [4.78, 5) is 34.5. The summed E-state index contributed by atoms with van der Waals surface area (Å²) in [5, 5.41) is 2.87. The van der Waals surface area contributed by atoms with E-state index in [1.807, 2.05) is 44.7 Å². The highest BCUT2D eigenvalue weighted by Crippen LogP contribution is 2.23. The van der Waals surface area contributed by atoms with Gasteiger partial charge in [0.15, 0.2) is 0 Å². The van der Waals surface area contributed by atoms with Crippen LogP contribution in [0.5, 0.6) is 0 Å². The molecule has 0 saturated carbocycles. The third-order valence-electron chi connectivity index (χ3n) is 5.09. The lowest BCUT2D eigenvalue weighted by Crippen LogP contribution is -2.29. The van der Waals surface area contributed by atoms with Crippen molar-refractivity contribution in [3.8, 4) is 0 Å². The fourth-order valence-corrected chi connectivity index (χ4v) is 3.74. The van der Waals surface area contributed by atoms with Crippen molar-refractivity contribution in [3.05, 3.63) is 57.1 Å². The van der Waals surface area contributed by atoms with Crippen LogP contribution in [0.4, 0.5) is 0 Å². The number of hydrogen-bond acceptors (Lipinski definition) is 4. The second-order valence-electron chi connectivity index (χ2n) is 8.52. The Morgan fingerprint density at radius 2 is 1.83 bits per heavy atom. The maximum absolute atomic E-state index is 12.6. The van der Waals surface area contributed by atoms with E-state index in [9.17, 15) is 9.59 Å². The number of aromatic amines is 1. The van der Waals surface area contributed by atoms with Crippen molar-refractivity contribution in [2.45, 2.75) is 59.0 Å². The predicted octanol–water partition coefficient (Wildman–Crippen LogP) is 3.80. The second kappa shape index (κ2) is 8.45. The lowest BCUT2D eigenvalue weighted by Gasteiger charge is -2.19. The molecule has 29 heavy (non-hydrogen) atoms. The molecule has 6 nitrogen and oxygen atoms in total. The van der Waals surface area contributed by atoms with E-state index in [1.54, 1.807) is 0 Å². The van der Waals surface area contributed by atoms with Gasteiger partial charge in [-0.15, -0.1) is 0 Å². The Bertz CT molecular complexity index is 966. The highest BCUT2D eigenvalue weighted by atomic mass is 32.1. The number of hydrogen-bond donors (Lipinski definition) is 2. The zero-order valence-corrected chi connectivity index (χ0v) is 18.3. The van der Waals surface area contributed by atoms with E-state index in [0.29, 0.717) is 48.4 Å². The quantitative estimate of drug-likeness (QED) is 0.578. The van der Waals surface area contributed by atoms with Crippen LogP contribution in [0.15, 0.2) is 24.3 Å². The van der Waals surface area contributed by atoms with Gasteiger partial charge < -0.3 is 15.2 Å². The molecular formula is C22H28N4O2S. The minimum absolute atomic E-state index is 0.111. The second-order valence-corrected chi connectivity index (χ2v) is 8.91. The molecule has 1 aromatic heterocycles. The molecule has 3 rings (SSSR count). The highest BCUT2D eigenvalue weighted by molar-refractivity contribution is 7.71. The topological polar surface area (TPSA) is 78.1 Å². The summed E-state index contributed by atoms with van der Waals surface area (Å²) < 4.78 is 0.301. The number of aromatic nitrogens is 2. The fraction of sp³-hybridized carbons (Fsp3) is 0.455. The Morgan fingerprint density at radius 1 is 1.21 bits per heavy atom. The number of amides is 2. The maximum atomic E-state index is 12.6. The average molecular weight is 413 g/mol. The Hall–Kier alpha value is -2.54. The van der Waals surface area contributed by atoms with Crippen LogP contribution >= 0.6 is 12.2 Å². The van der Waals surface area contributed by atoms with Crippen LogP contribution in [0, 0.1) is 11.6 Å². The van der Waals surface area contributed by atoms with Crippen molar-refractivity contribution in [1.29, 1.82) is 0 Å². The molecule has 0 saturated heterocycles. The van der Waals surface area contributed by atoms with Crippen molar-refractivity contribution < 1.29 is 9.59 Å². The molecular weight excluding hydrogens is 384 g/mol. The van der Waals surface area contributed by atoms with Gasteiger partial charge >= 0.3 is 0 Å². The van der Waals surface area contributed by atoms with E-state index in [1.165, 1.54) is 11.1 Å². The molecule has 1 aliphatic heterocycles. The molecule has 0 unspecified atom stereocenters. The number of H-pyrrole nitrogens is 1. The number of fused-ring (bicyclic) bond motifs is 1. The predicted molar refractivity (Wildman–Crippen MR) is 115 cm³/mol. The monoisotopic (exact) mass is 412 g/mol. The number of rotatable bonds is 5. The number of nitrogens with one attached hydrogen (secondary N) is 2. The van der Waals surface area contributed by atoms with Crippen molar-refractivity contribution in [2.24, 2.45) is 0 Å². The molecule has 2 heterocycles. The van der Waals surface area contributed by atoms with Crippen LogP contribution in [0.25, 0.3) is 0 Å².